The van der Waals surface area contributed by atoms with Gasteiger partial charge in [-0.3, -0.25) is 10.1 Å². The van der Waals surface area contributed by atoms with Crippen molar-refractivity contribution in [2.45, 2.75) is 6.18 Å². The molecule has 0 atom stereocenters. The highest BCUT2D eigenvalue weighted by Gasteiger charge is 2.30. The van der Waals surface area contributed by atoms with E-state index in [1.165, 1.54) is 18.2 Å². The number of nitrogens with two attached hydrogens (primary N) is 1. The minimum atomic E-state index is -4.51. The molecule has 0 unspecified atom stereocenters. The molecule has 0 aliphatic rings. The van der Waals surface area contributed by atoms with Gasteiger partial charge in [-0.25, -0.2) is 4.98 Å². The topological polar surface area (TPSA) is 99.3 Å². The van der Waals surface area contributed by atoms with Crippen LogP contribution in [0.15, 0.2) is 36.5 Å². The van der Waals surface area contributed by atoms with Crippen LogP contribution in [-0.2, 0) is 6.18 Å². The van der Waals surface area contributed by atoms with Gasteiger partial charge in [0.2, 0.25) is 5.65 Å². The van der Waals surface area contributed by atoms with Gasteiger partial charge in [-0.1, -0.05) is 12.1 Å². The van der Waals surface area contributed by atoms with Crippen LogP contribution in [0.4, 0.5) is 24.7 Å². The first-order valence-corrected chi connectivity index (χ1v) is 6.23. The summed E-state index contributed by atoms with van der Waals surface area (Å²) in [4.78, 5) is 14.3. The van der Waals surface area contributed by atoms with E-state index < -0.39 is 16.7 Å². The molecule has 0 saturated heterocycles. The molecular weight excluding hydrogens is 315 g/mol. The predicted octanol–water partition coefficient (Wildman–Crippen LogP) is 2.91. The van der Waals surface area contributed by atoms with Gasteiger partial charge in [0.05, 0.1) is 16.2 Å². The second-order valence-corrected chi connectivity index (χ2v) is 4.67. The minimum absolute atomic E-state index is 0.0236. The summed E-state index contributed by atoms with van der Waals surface area (Å²) in [6.07, 6.45) is -3.52. The molecule has 3 rings (SSSR count). The third-order valence-electron chi connectivity index (χ3n) is 3.16. The second-order valence-electron chi connectivity index (χ2n) is 4.67. The van der Waals surface area contributed by atoms with Gasteiger partial charge in [-0.2, -0.15) is 22.8 Å². The fourth-order valence-electron chi connectivity index (χ4n) is 2.11. The number of rotatable bonds is 2. The maximum atomic E-state index is 12.8. The van der Waals surface area contributed by atoms with Gasteiger partial charge in [-0.15, -0.1) is 0 Å². The maximum absolute atomic E-state index is 12.8. The molecule has 1 aromatic carbocycles. The molecule has 0 aliphatic heterocycles. The smallest absolute Gasteiger partial charge is 0.384 e. The van der Waals surface area contributed by atoms with Crippen LogP contribution in [0.2, 0.25) is 0 Å². The van der Waals surface area contributed by atoms with E-state index in [0.29, 0.717) is 0 Å². The summed E-state index contributed by atoms with van der Waals surface area (Å²) in [6.45, 7) is 0. The van der Waals surface area contributed by atoms with Crippen molar-refractivity contribution < 1.29 is 18.1 Å². The zero-order valence-corrected chi connectivity index (χ0v) is 11.3. The van der Waals surface area contributed by atoms with E-state index in [-0.39, 0.29) is 28.4 Å². The van der Waals surface area contributed by atoms with Crippen LogP contribution < -0.4 is 5.73 Å². The largest absolute Gasteiger partial charge is 0.416 e. The maximum Gasteiger partial charge on any atom is 0.416 e. The van der Waals surface area contributed by atoms with Gasteiger partial charge >= 0.3 is 11.9 Å². The molecule has 0 bridgehead atoms. The van der Waals surface area contributed by atoms with Gasteiger partial charge < -0.3 is 5.73 Å². The summed E-state index contributed by atoms with van der Waals surface area (Å²) >= 11 is 0. The lowest BCUT2D eigenvalue weighted by molar-refractivity contribution is -0.383. The van der Waals surface area contributed by atoms with Crippen LogP contribution in [0, 0.1) is 10.1 Å². The lowest BCUT2D eigenvalue weighted by atomic mass is 10.1. The Morgan fingerprint density at radius 2 is 2.00 bits per heavy atom. The molecule has 0 amide bonds. The van der Waals surface area contributed by atoms with Crippen LogP contribution >= 0.6 is 0 Å². The van der Waals surface area contributed by atoms with Gasteiger partial charge in [0.1, 0.15) is 12.0 Å². The molecule has 2 aromatic heterocycles. The Kier molecular flexibility index (Phi) is 3.17. The molecule has 0 radical (unpaired) electrons. The summed E-state index contributed by atoms with van der Waals surface area (Å²) in [5.74, 6) is 0.0236. The number of hydrogen-bond donors (Lipinski definition) is 1. The van der Waals surface area contributed by atoms with Crippen LogP contribution in [0.5, 0.6) is 0 Å². The van der Waals surface area contributed by atoms with Crippen molar-refractivity contribution in [1.29, 1.82) is 0 Å². The SMILES string of the molecule is Nc1cc(-c2cccc(C(F)(F)F)c2)nc2c([N+](=O)[O-])cnn12. The molecule has 3 aromatic rings. The van der Waals surface area contributed by atoms with Crippen molar-refractivity contribution in [3.63, 3.8) is 0 Å². The Bertz CT molecular complexity index is 920. The number of benzene rings is 1. The van der Waals surface area contributed by atoms with Crippen molar-refractivity contribution in [3.05, 3.63) is 52.2 Å². The summed E-state index contributed by atoms with van der Waals surface area (Å²) < 4.78 is 39.4. The van der Waals surface area contributed by atoms with E-state index in [4.69, 9.17) is 5.73 Å². The van der Waals surface area contributed by atoms with Crippen molar-refractivity contribution >= 4 is 17.2 Å². The Labute approximate surface area is 126 Å². The number of aromatic nitrogens is 3. The average Bonchev–Trinajstić information content (AvgIpc) is 2.91. The first kappa shape index (κ1) is 14.8. The molecule has 10 heteroatoms. The number of nitro groups is 1. The Hall–Kier alpha value is -3.17. The van der Waals surface area contributed by atoms with E-state index in [9.17, 15) is 23.3 Å². The zero-order valence-electron chi connectivity index (χ0n) is 11.3. The van der Waals surface area contributed by atoms with Gasteiger partial charge in [0, 0.05) is 11.6 Å². The lowest BCUT2D eigenvalue weighted by Crippen LogP contribution is -2.05. The van der Waals surface area contributed by atoms with E-state index in [0.717, 1.165) is 22.8 Å². The van der Waals surface area contributed by atoms with Crippen LogP contribution in [-0.4, -0.2) is 19.5 Å². The van der Waals surface area contributed by atoms with Crippen LogP contribution in [0.25, 0.3) is 16.9 Å². The first-order valence-electron chi connectivity index (χ1n) is 6.23. The van der Waals surface area contributed by atoms with Crippen molar-refractivity contribution in [1.82, 2.24) is 14.6 Å². The summed E-state index contributed by atoms with van der Waals surface area (Å²) in [6, 6.07) is 5.77. The molecule has 0 aliphatic carbocycles. The molecule has 23 heavy (non-hydrogen) atoms. The number of fused-ring (bicyclic) bond motifs is 1. The number of nitrogens with zero attached hydrogens (tertiary/aromatic N) is 4. The molecule has 7 nitrogen and oxygen atoms in total. The molecule has 0 spiro atoms. The fraction of sp³-hybridized carbons (Fsp3) is 0.0769. The highest BCUT2D eigenvalue weighted by atomic mass is 19.4. The normalized spacial score (nSPS) is 11.8. The first-order chi connectivity index (χ1) is 10.8. The Morgan fingerprint density at radius 1 is 1.26 bits per heavy atom. The van der Waals surface area contributed by atoms with Gasteiger partial charge in [0.15, 0.2) is 0 Å². The second kappa shape index (κ2) is 4.93. The number of nitrogen functional groups attached to an aromatic ring is 1. The van der Waals surface area contributed by atoms with Crippen molar-refractivity contribution in [3.8, 4) is 11.3 Å². The third-order valence-corrected chi connectivity index (χ3v) is 3.16. The summed E-state index contributed by atoms with van der Waals surface area (Å²) in [7, 11) is 0. The van der Waals surface area contributed by atoms with E-state index in [1.807, 2.05) is 0 Å². The van der Waals surface area contributed by atoms with Gasteiger partial charge in [-0.05, 0) is 12.1 Å². The molecule has 2 heterocycles. The summed E-state index contributed by atoms with van der Waals surface area (Å²) in [5.41, 5.74) is 4.61. The van der Waals surface area contributed by atoms with Crippen molar-refractivity contribution in [2.75, 3.05) is 5.73 Å². The standard InChI is InChI=1S/C13H8F3N5O2/c14-13(15,16)8-3-1-2-7(4-8)9-5-11(17)20-12(19-9)10(6-18-20)21(22)23/h1-6H,17H2. The van der Waals surface area contributed by atoms with E-state index >= 15 is 0 Å². The third kappa shape index (κ3) is 2.54. The number of halogens is 3. The minimum Gasteiger partial charge on any atom is -0.384 e. The summed E-state index contributed by atoms with van der Waals surface area (Å²) in [5, 5.41) is 14.7. The Balaban J connectivity index is 2.21. The monoisotopic (exact) mass is 323 g/mol. The Morgan fingerprint density at radius 3 is 2.65 bits per heavy atom. The highest BCUT2D eigenvalue weighted by molar-refractivity contribution is 5.70. The van der Waals surface area contributed by atoms with Crippen molar-refractivity contribution in [2.24, 2.45) is 0 Å². The van der Waals surface area contributed by atoms with Crippen LogP contribution in [0.1, 0.15) is 5.56 Å². The molecule has 118 valence electrons. The number of hydrogen-bond acceptors (Lipinski definition) is 5. The molecule has 2 N–H and O–H groups in total. The highest BCUT2D eigenvalue weighted by Crippen LogP contribution is 2.32. The molecule has 0 fully saturated rings. The quantitative estimate of drug-likeness (QED) is 0.577. The lowest BCUT2D eigenvalue weighted by Gasteiger charge is -2.09. The number of alkyl halides is 3. The van der Waals surface area contributed by atoms with Crippen LogP contribution in [0.3, 0.4) is 0 Å². The predicted molar refractivity (Wildman–Crippen MR) is 74.5 cm³/mol. The zero-order chi connectivity index (χ0) is 16.8. The fourth-order valence-corrected chi connectivity index (χ4v) is 2.11. The van der Waals surface area contributed by atoms with Gasteiger partial charge in [0.25, 0.3) is 0 Å². The average molecular weight is 323 g/mol. The molecule has 0 saturated carbocycles. The molecular formula is C13H8F3N5O2. The van der Waals surface area contributed by atoms with E-state index in [1.54, 1.807) is 0 Å². The van der Waals surface area contributed by atoms with E-state index in [2.05, 4.69) is 10.1 Å². The number of anilines is 1.